The van der Waals surface area contributed by atoms with Gasteiger partial charge < -0.3 is 4.84 Å². The molecule has 0 bridgehead atoms. The summed E-state index contributed by atoms with van der Waals surface area (Å²) in [6.07, 6.45) is 1.36. The fourth-order valence-electron chi connectivity index (χ4n) is 1.70. The molecule has 0 aliphatic carbocycles. The first-order valence-electron chi connectivity index (χ1n) is 5.67. The van der Waals surface area contributed by atoms with Gasteiger partial charge in [0, 0.05) is 15.6 Å². The van der Waals surface area contributed by atoms with Crippen LogP contribution in [0.1, 0.15) is 5.56 Å². The van der Waals surface area contributed by atoms with Gasteiger partial charge in [-0.15, -0.1) is 16.1 Å². The molecule has 20 heavy (non-hydrogen) atoms. The number of fused-ring (bicyclic) bond motifs is 1. The summed E-state index contributed by atoms with van der Waals surface area (Å²) < 4.78 is 1.68. The van der Waals surface area contributed by atoms with E-state index < -0.39 is 0 Å². The van der Waals surface area contributed by atoms with Crippen molar-refractivity contribution in [2.24, 2.45) is 0 Å². The zero-order valence-corrected chi connectivity index (χ0v) is 12.4. The second kappa shape index (κ2) is 5.44. The minimum absolute atomic E-state index is 0.161. The third kappa shape index (κ3) is 2.52. The summed E-state index contributed by atoms with van der Waals surface area (Å²) in [5, 5.41) is 2.87. The highest BCUT2D eigenvalue weighted by Crippen LogP contribution is 2.21. The van der Waals surface area contributed by atoms with Crippen molar-refractivity contribution in [3.8, 4) is 0 Å². The Morgan fingerprint density at radius 2 is 2.15 bits per heavy atom. The summed E-state index contributed by atoms with van der Waals surface area (Å²) in [6, 6.07) is 6.90. The fourth-order valence-corrected chi connectivity index (χ4v) is 2.93. The van der Waals surface area contributed by atoms with E-state index in [1.807, 2.05) is 5.38 Å². The van der Waals surface area contributed by atoms with Gasteiger partial charge in [0.15, 0.2) is 0 Å². The minimum Gasteiger partial charge on any atom is -0.404 e. The largest absolute Gasteiger partial charge is 0.404 e. The average molecular weight is 327 g/mol. The third-order valence-electron chi connectivity index (χ3n) is 2.71. The van der Waals surface area contributed by atoms with Crippen molar-refractivity contribution in [3.63, 3.8) is 0 Å². The summed E-state index contributed by atoms with van der Waals surface area (Å²) in [4.78, 5) is 21.7. The highest BCUT2D eigenvalue weighted by molar-refractivity contribution is 7.17. The van der Waals surface area contributed by atoms with Crippen LogP contribution in [0.5, 0.6) is 0 Å². The van der Waals surface area contributed by atoms with Gasteiger partial charge in [-0.1, -0.05) is 29.3 Å². The molecule has 0 atom stereocenters. The van der Waals surface area contributed by atoms with Gasteiger partial charge >= 0.3 is 5.56 Å². The summed E-state index contributed by atoms with van der Waals surface area (Å²) >= 11 is 13.2. The van der Waals surface area contributed by atoms with Crippen LogP contribution in [0.25, 0.3) is 10.2 Å². The number of halogens is 2. The molecule has 0 radical (unpaired) electrons. The lowest BCUT2D eigenvalue weighted by Gasteiger charge is -2.09. The van der Waals surface area contributed by atoms with E-state index >= 15 is 0 Å². The van der Waals surface area contributed by atoms with E-state index in [0.29, 0.717) is 20.3 Å². The first-order chi connectivity index (χ1) is 9.65. The van der Waals surface area contributed by atoms with Gasteiger partial charge in [-0.05, 0) is 23.6 Å². The number of benzene rings is 1. The van der Waals surface area contributed by atoms with E-state index in [0.717, 1.165) is 10.3 Å². The monoisotopic (exact) mass is 326 g/mol. The van der Waals surface area contributed by atoms with Crippen molar-refractivity contribution >= 4 is 44.8 Å². The lowest BCUT2D eigenvalue weighted by Crippen LogP contribution is -2.26. The topological polar surface area (TPSA) is 44.1 Å². The molecule has 4 nitrogen and oxygen atoms in total. The van der Waals surface area contributed by atoms with Crippen molar-refractivity contribution in [2.45, 2.75) is 6.61 Å². The first kappa shape index (κ1) is 13.4. The van der Waals surface area contributed by atoms with Crippen LogP contribution in [0.3, 0.4) is 0 Å². The van der Waals surface area contributed by atoms with Crippen molar-refractivity contribution in [3.05, 3.63) is 61.9 Å². The van der Waals surface area contributed by atoms with Gasteiger partial charge in [-0.3, -0.25) is 4.79 Å². The first-order valence-corrected chi connectivity index (χ1v) is 7.31. The Morgan fingerprint density at radius 3 is 2.95 bits per heavy atom. The number of hydrogen-bond acceptors (Lipinski definition) is 4. The second-order valence-electron chi connectivity index (χ2n) is 4.02. The van der Waals surface area contributed by atoms with Gasteiger partial charge in [0.05, 0.1) is 5.52 Å². The SMILES string of the molecule is O=c1c2sccc2ncn1OCc1ccc(Cl)cc1Cl. The molecule has 0 fully saturated rings. The average Bonchev–Trinajstić information content (AvgIpc) is 2.89. The molecule has 3 rings (SSSR count). The number of thiophene rings is 1. The molecule has 1 aromatic carbocycles. The highest BCUT2D eigenvalue weighted by Gasteiger charge is 2.07. The van der Waals surface area contributed by atoms with Crippen LogP contribution in [0.2, 0.25) is 10.0 Å². The van der Waals surface area contributed by atoms with Crippen LogP contribution >= 0.6 is 34.5 Å². The summed E-state index contributed by atoms with van der Waals surface area (Å²) in [7, 11) is 0. The predicted molar refractivity (Wildman–Crippen MR) is 80.6 cm³/mol. The third-order valence-corrected chi connectivity index (χ3v) is 4.19. The molecule has 0 aliphatic heterocycles. The minimum atomic E-state index is -0.227. The van der Waals surface area contributed by atoms with Crippen molar-refractivity contribution in [2.75, 3.05) is 0 Å². The Kier molecular flexibility index (Phi) is 3.65. The maximum Gasteiger partial charge on any atom is 0.304 e. The van der Waals surface area contributed by atoms with Crippen molar-refractivity contribution < 1.29 is 4.84 Å². The Bertz CT molecular complexity index is 829. The van der Waals surface area contributed by atoms with Crippen LogP contribution in [0.4, 0.5) is 0 Å². The normalized spacial score (nSPS) is 10.9. The zero-order valence-electron chi connectivity index (χ0n) is 10.0. The van der Waals surface area contributed by atoms with Gasteiger partial charge in [0.2, 0.25) is 0 Å². The van der Waals surface area contributed by atoms with Crippen LogP contribution in [-0.4, -0.2) is 9.71 Å². The van der Waals surface area contributed by atoms with E-state index in [2.05, 4.69) is 4.98 Å². The molecule has 0 unspecified atom stereocenters. The molecule has 3 aromatic rings. The molecule has 2 aromatic heterocycles. The predicted octanol–water partition coefficient (Wildman–Crippen LogP) is 3.39. The summed E-state index contributed by atoms with van der Waals surface area (Å²) in [5.74, 6) is 0. The standard InChI is InChI=1S/C13H8Cl2N2O2S/c14-9-2-1-8(10(15)5-9)6-19-17-7-16-11-3-4-20-12(11)13(17)18/h1-5,7H,6H2. The van der Waals surface area contributed by atoms with Crippen molar-refractivity contribution in [1.82, 2.24) is 9.71 Å². The molecular formula is C13H8Cl2N2O2S. The highest BCUT2D eigenvalue weighted by atomic mass is 35.5. The van der Waals surface area contributed by atoms with E-state index in [1.54, 1.807) is 24.3 Å². The van der Waals surface area contributed by atoms with Gasteiger partial charge in [0.25, 0.3) is 0 Å². The Balaban J connectivity index is 1.86. The molecule has 0 saturated carbocycles. The van der Waals surface area contributed by atoms with E-state index in [1.165, 1.54) is 17.7 Å². The number of rotatable bonds is 3. The molecule has 0 amide bonds. The summed E-state index contributed by atoms with van der Waals surface area (Å²) in [6.45, 7) is 0.161. The molecule has 0 saturated heterocycles. The Hall–Kier alpha value is -1.56. The second-order valence-corrected chi connectivity index (χ2v) is 5.78. The van der Waals surface area contributed by atoms with Gasteiger partial charge in [-0.2, -0.15) is 0 Å². The Labute approximate surface area is 128 Å². The number of nitrogens with zero attached hydrogens (tertiary/aromatic N) is 2. The smallest absolute Gasteiger partial charge is 0.304 e. The lowest BCUT2D eigenvalue weighted by molar-refractivity contribution is 0.0882. The van der Waals surface area contributed by atoms with Gasteiger partial charge in [-0.25, -0.2) is 4.98 Å². The van der Waals surface area contributed by atoms with Crippen LogP contribution in [-0.2, 0) is 6.61 Å². The lowest BCUT2D eigenvalue weighted by atomic mass is 10.2. The maximum atomic E-state index is 12.1. The molecule has 0 N–H and O–H groups in total. The Morgan fingerprint density at radius 1 is 1.30 bits per heavy atom. The van der Waals surface area contributed by atoms with E-state index in [9.17, 15) is 4.79 Å². The molecule has 2 heterocycles. The van der Waals surface area contributed by atoms with Crippen LogP contribution < -0.4 is 10.4 Å². The fraction of sp³-hybridized carbons (Fsp3) is 0.0769. The maximum absolute atomic E-state index is 12.1. The van der Waals surface area contributed by atoms with E-state index in [-0.39, 0.29) is 12.2 Å². The molecule has 102 valence electrons. The van der Waals surface area contributed by atoms with Crippen LogP contribution in [0, 0.1) is 0 Å². The van der Waals surface area contributed by atoms with Crippen LogP contribution in [0.15, 0.2) is 40.8 Å². The molecule has 7 heteroatoms. The molecule has 0 spiro atoms. The van der Waals surface area contributed by atoms with Gasteiger partial charge in [0.1, 0.15) is 17.6 Å². The van der Waals surface area contributed by atoms with E-state index in [4.69, 9.17) is 28.0 Å². The molecular weight excluding hydrogens is 319 g/mol. The quantitative estimate of drug-likeness (QED) is 0.741. The summed E-state index contributed by atoms with van der Waals surface area (Å²) in [5.41, 5.74) is 1.19. The number of hydrogen-bond donors (Lipinski definition) is 0. The molecule has 0 aliphatic rings. The zero-order chi connectivity index (χ0) is 14.1. The van der Waals surface area contributed by atoms with Crippen molar-refractivity contribution in [1.29, 1.82) is 0 Å². The number of aromatic nitrogens is 2.